The zero-order valence-electron chi connectivity index (χ0n) is 9.75. The Morgan fingerprint density at radius 1 is 1.59 bits per heavy atom. The number of nitro groups is 1. The predicted molar refractivity (Wildman–Crippen MR) is 61.0 cm³/mol. The Balaban J connectivity index is 3.13. The van der Waals surface area contributed by atoms with Crippen molar-refractivity contribution in [3.05, 3.63) is 28.4 Å². The Morgan fingerprint density at radius 3 is 2.65 bits per heavy atom. The van der Waals surface area contributed by atoms with Crippen LogP contribution in [-0.2, 0) is 4.79 Å². The monoisotopic (exact) mass is 239 g/mol. The van der Waals surface area contributed by atoms with Gasteiger partial charge in [-0.3, -0.25) is 10.1 Å². The Bertz CT molecular complexity index is 459. The average Bonchev–Trinajstić information content (AvgIpc) is 2.27. The van der Waals surface area contributed by atoms with Crippen molar-refractivity contribution >= 4 is 17.5 Å². The topological polar surface area (TPSA) is 96.6 Å². The Hall–Kier alpha value is -2.18. The Morgan fingerprint density at radius 2 is 2.18 bits per heavy atom. The molecule has 0 spiro atoms. The van der Waals surface area contributed by atoms with Crippen molar-refractivity contribution in [3.63, 3.8) is 0 Å². The number of likely N-dealkylation sites (N-methyl/N-ethyl adjacent to an activating group) is 1. The average molecular weight is 239 g/mol. The molecule has 1 rings (SSSR count). The first-order valence-electron chi connectivity index (χ1n) is 4.84. The summed E-state index contributed by atoms with van der Waals surface area (Å²) in [5.41, 5.74) is -1.31. The molecule has 0 amide bonds. The second-order valence-electron chi connectivity index (χ2n) is 4.05. The predicted octanol–water partition coefficient (Wildman–Crippen LogP) is 1.29. The van der Waals surface area contributed by atoms with Gasteiger partial charge < -0.3 is 10.0 Å². The van der Waals surface area contributed by atoms with Gasteiger partial charge in [0.15, 0.2) is 0 Å². The molecular weight excluding hydrogens is 226 g/mol. The Labute approximate surface area is 97.8 Å². The van der Waals surface area contributed by atoms with E-state index in [9.17, 15) is 14.9 Å². The Kier molecular flexibility index (Phi) is 3.31. The molecule has 0 aliphatic carbocycles. The van der Waals surface area contributed by atoms with Crippen LogP contribution in [0.15, 0.2) is 18.3 Å². The second kappa shape index (κ2) is 4.36. The van der Waals surface area contributed by atoms with Crippen molar-refractivity contribution in [2.75, 3.05) is 11.9 Å². The fraction of sp³-hybridized carbons (Fsp3) is 0.400. The minimum absolute atomic E-state index is 0.122. The smallest absolute Gasteiger partial charge is 0.328 e. The molecule has 0 saturated heterocycles. The fourth-order valence-corrected chi connectivity index (χ4v) is 1.13. The number of anilines is 1. The molecule has 0 bridgehead atoms. The molecule has 0 radical (unpaired) electrons. The highest BCUT2D eigenvalue weighted by Gasteiger charge is 2.33. The highest BCUT2D eigenvalue weighted by atomic mass is 16.6. The maximum absolute atomic E-state index is 11.1. The number of rotatable bonds is 4. The van der Waals surface area contributed by atoms with Crippen molar-refractivity contribution in [2.24, 2.45) is 0 Å². The third kappa shape index (κ3) is 2.49. The lowest BCUT2D eigenvalue weighted by atomic mass is 10.0. The highest BCUT2D eigenvalue weighted by Crippen LogP contribution is 2.23. The van der Waals surface area contributed by atoms with E-state index in [1.165, 1.54) is 44.1 Å². The van der Waals surface area contributed by atoms with Crippen LogP contribution in [-0.4, -0.2) is 33.6 Å². The molecule has 0 atom stereocenters. The molecule has 0 aliphatic rings. The van der Waals surface area contributed by atoms with Gasteiger partial charge in [0.05, 0.1) is 11.0 Å². The van der Waals surface area contributed by atoms with Crippen LogP contribution < -0.4 is 4.90 Å². The number of carboxylic acids is 1. The lowest BCUT2D eigenvalue weighted by Gasteiger charge is -2.32. The molecule has 0 aromatic carbocycles. The summed E-state index contributed by atoms with van der Waals surface area (Å²) in [7, 11) is 1.53. The molecule has 0 aliphatic heterocycles. The number of nitrogens with zero attached hydrogens (tertiary/aromatic N) is 3. The number of hydrogen-bond donors (Lipinski definition) is 1. The summed E-state index contributed by atoms with van der Waals surface area (Å²) in [5.74, 6) is -0.792. The molecule has 0 unspecified atom stereocenters. The van der Waals surface area contributed by atoms with E-state index < -0.39 is 16.4 Å². The first kappa shape index (κ1) is 12.9. The molecule has 17 heavy (non-hydrogen) atoms. The summed E-state index contributed by atoms with van der Waals surface area (Å²) in [6.45, 7) is 2.99. The van der Waals surface area contributed by atoms with Gasteiger partial charge in [0.2, 0.25) is 0 Å². The van der Waals surface area contributed by atoms with E-state index in [1.54, 1.807) is 0 Å². The lowest BCUT2D eigenvalue weighted by Crippen LogP contribution is -2.48. The summed E-state index contributed by atoms with van der Waals surface area (Å²) in [6.07, 6.45) is 1.28. The number of pyridine rings is 1. The minimum atomic E-state index is -1.19. The summed E-state index contributed by atoms with van der Waals surface area (Å²) in [6, 6.07) is 2.50. The van der Waals surface area contributed by atoms with Crippen LogP contribution in [0.1, 0.15) is 13.8 Å². The van der Waals surface area contributed by atoms with Crippen molar-refractivity contribution in [2.45, 2.75) is 19.4 Å². The normalized spacial score (nSPS) is 11.0. The van der Waals surface area contributed by atoms with Gasteiger partial charge in [-0.15, -0.1) is 0 Å². The summed E-state index contributed by atoms with van der Waals surface area (Å²) in [5, 5.41) is 19.7. The van der Waals surface area contributed by atoms with E-state index in [1.807, 2.05) is 0 Å². The van der Waals surface area contributed by atoms with E-state index in [-0.39, 0.29) is 11.5 Å². The minimum Gasteiger partial charge on any atom is -0.480 e. The number of aliphatic carboxylic acids is 1. The third-order valence-electron chi connectivity index (χ3n) is 2.65. The molecule has 7 heteroatoms. The lowest BCUT2D eigenvalue weighted by molar-refractivity contribution is -0.384. The molecular formula is C10H13N3O4. The SMILES string of the molecule is CN(c1cc([N+](=O)[O-])ccn1)C(C)(C)C(=O)O. The van der Waals surface area contributed by atoms with Crippen LogP contribution >= 0.6 is 0 Å². The van der Waals surface area contributed by atoms with Gasteiger partial charge in [-0.1, -0.05) is 0 Å². The van der Waals surface area contributed by atoms with Crippen molar-refractivity contribution < 1.29 is 14.8 Å². The quantitative estimate of drug-likeness (QED) is 0.628. The van der Waals surface area contributed by atoms with E-state index in [0.717, 1.165) is 0 Å². The van der Waals surface area contributed by atoms with Gasteiger partial charge in [-0.25, -0.2) is 9.78 Å². The number of aromatic nitrogens is 1. The molecule has 1 N–H and O–H groups in total. The van der Waals surface area contributed by atoms with Gasteiger partial charge >= 0.3 is 5.97 Å². The van der Waals surface area contributed by atoms with Crippen LogP contribution in [0.2, 0.25) is 0 Å². The van der Waals surface area contributed by atoms with Gasteiger partial charge in [0.1, 0.15) is 11.4 Å². The van der Waals surface area contributed by atoms with Crippen LogP contribution in [0.5, 0.6) is 0 Å². The van der Waals surface area contributed by atoms with Crippen molar-refractivity contribution in [1.82, 2.24) is 4.98 Å². The van der Waals surface area contributed by atoms with E-state index in [4.69, 9.17) is 5.11 Å². The largest absolute Gasteiger partial charge is 0.480 e. The highest BCUT2D eigenvalue weighted by molar-refractivity contribution is 5.82. The fourth-order valence-electron chi connectivity index (χ4n) is 1.13. The molecule has 1 aromatic heterocycles. The number of carbonyl (C=O) groups is 1. The van der Waals surface area contributed by atoms with Gasteiger partial charge in [0.25, 0.3) is 5.69 Å². The maximum Gasteiger partial charge on any atom is 0.328 e. The van der Waals surface area contributed by atoms with Crippen LogP contribution in [0, 0.1) is 10.1 Å². The molecule has 0 fully saturated rings. The third-order valence-corrected chi connectivity index (χ3v) is 2.65. The first-order valence-corrected chi connectivity index (χ1v) is 4.84. The molecule has 1 aromatic rings. The van der Waals surface area contributed by atoms with E-state index in [2.05, 4.69) is 4.98 Å². The summed E-state index contributed by atoms with van der Waals surface area (Å²) in [4.78, 5) is 26.4. The van der Waals surface area contributed by atoms with Crippen molar-refractivity contribution in [1.29, 1.82) is 0 Å². The number of hydrogen-bond acceptors (Lipinski definition) is 5. The molecule has 1 heterocycles. The first-order chi connectivity index (χ1) is 7.76. The molecule has 92 valence electrons. The van der Waals surface area contributed by atoms with E-state index >= 15 is 0 Å². The van der Waals surface area contributed by atoms with Gasteiger partial charge in [-0.2, -0.15) is 0 Å². The molecule has 0 saturated carbocycles. The molecule has 7 nitrogen and oxygen atoms in total. The summed E-state index contributed by atoms with van der Waals surface area (Å²) >= 11 is 0. The second-order valence-corrected chi connectivity index (χ2v) is 4.05. The van der Waals surface area contributed by atoms with Gasteiger partial charge in [-0.05, 0) is 13.8 Å². The summed E-state index contributed by atoms with van der Waals surface area (Å²) < 4.78 is 0. The van der Waals surface area contributed by atoms with Gasteiger partial charge in [0, 0.05) is 19.3 Å². The van der Waals surface area contributed by atoms with E-state index in [0.29, 0.717) is 0 Å². The van der Waals surface area contributed by atoms with Crippen LogP contribution in [0.25, 0.3) is 0 Å². The maximum atomic E-state index is 11.1. The van der Waals surface area contributed by atoms with Crippen molar-refractivity contribution in [3.8, 4) is 0 Å². The van der Waals surface area contributed by atoms with Crippen LogP contribution in [0.3, 0.4) is 0 Å². The zero-order valence-corrected chi connectivity index (χ0v) is 9.75. The van der Waals surface area contributed by atoms with Crippen LogP contribution in [0.4, 0.5) is 11.5 Å². The number of carboxylic acid groups (broad SMARTS) is 1. The zero-order chi connectivity index (χ0) is 13.2. The standard InChI is InChI=1S/C10H13N3O4/c1-10(2,9(14)15)12(3)8-6-7(13(16)17)4-5-11-8/h4-6H,1-3H3,(H,14,15).